The number of carbonyl (C=O) groups is 1. The Morgan fingerprint density at radius 1 is 0.969 bits per heavy atom. The normalized spacial score (nSPS) is 16.9. The smallest absolute Gasteiger partial charge is 0.328 e. The molecule has 3 aromatic rings. The SMILES string of the molecule is CC(C)Nc1cccnc1N1CCN(C(=O)n2ccc3ccc(N4CCCC4)cc32)CC1. The highest BCUT2D eigenvalue weighted by Crippen LogP contribution is 2.27. The van der Waals surface area contributed by atoms with E-state index in [-0.39, 0.29) is 6.03 Å². The number of rotatable bonds is 4. The van der Waals surface area contributed by atoms with Crippen LogP contribution in [0.15, 0.2) is 48.8 Å². The highest BCUT2D eigenvalue weighted by molar-refractivity contribution is 5.93. The number of pyridine rings is 1. The molecular weight excluding hydrogens is 400 g/mol. The van der Waals surface area contributed by atoms with Gasteiger partial charge in [-0.15, -0.1) is 0 Å². The Labute approximate surface area is 189 Å². The summed E-state index contributed by atoms with van der Waals surface area (Å²) >= 11 is 0. The molecule has 7 nitrogen and oxygen atoms in total. The standard InChI is InChI=1S/C25H32N6O/c1-19(2)27-22-6-5-10-26-24(22)29-14-16-30(17-15-29)25(32)31-13-9-20-7-8-21(18-23(20)31)28-11-3-4-12-28/h5-10,13,18-19,27H,3-4,11-12,14-17H2,1-2H3. The third-order valence-electron chi connectivity index (χ3n) is 6.43. The number of benzene rings is 1. The van der Waals surface area contributed by atoms with E-state index < -0.39 is 0 Å². The number of aromatic nitrogens is 2. The van der Waals surface area contributed by atoms with E-state index >= 15 is 0 Å². The molecule has 0 saturated carbocycles. The molecule has 2 aromatic heterocycles. The first-order chi connectivity index (χ1) is 15.6. The third kappa shape index (κ3) is 3.99. The highest BCUT2D eigenvalue weighted by atomic mass is 16.2. The van der Waals surface area contributed by atoms with E-state index in [2.05, 4.69) is 58.2 Å². The number of amides is 1. The molecule has 2 aliphatic rings. The molecule has 1 N–H and O–H groups in total. The Bertz CT molecular complexity index is 1090. The Morgan fingerprint density at radius 3 is 2.50 bits per heavy atom. The molecule has 4 heterocycles. The lowest BCUT2D eigenvalue weighted by Crippen LogP contribution is -2.50. The largest absolute Gasteiger partial charge is 0.380 e. The second-order valence-corrected chi connectivity index (χ2v) is 9.05. The molecule has 2 aliphatic heterocycles. The fraction of sp³-hybridized carbons (Fsp3) is 0.440. The van der Waals surface area contributed by atoms with Crippen LogP contribution >= 0.6 is 0 Å². The monoisotopic (exact) mass is 432 g/mol. The molecule has 1 aromatic carbocycles. The van der Waals surface area contributed by atoms with Gasteiger partial charge in [-0.2, -0.15) is 0 Å². The maximum Gasteiger partial charge on any atom is 0.328 e. The molecule has 32 heavy (non-hydrogen) atoms. The van der Waals surface area contributed by atoms with E-state index in [1.807, 2.05) is 34.0 Å². The van der Waals surface area contributed by atoms with Crippen LogP contribution in [0.25, 0.3) is 10.9 Å². The Balaban J connectivity index is 1.31. The molecule has 0 spiro atoms. The summed E-state index contributed by atoms with van der Waals surface area (Å²) in [6.45, 7) is 9.37. The van der Waals surface area contributed by atoms with E-state index in [9.17, 15) is 4.79 Å². The van der Waals surface area contributed by atoms with E-state index in [1.54, 1.807) is 0 Å². The summed E-state index contributed by atoms with van der Waals surface area (Å²) < 4.78 is 1.82. The van der Waals surface area contributed by atoms with Crippen LogP contribution in [0.5, 0.6) is 0 Å². The molecule has 2 fully saturated rings. The summed E-state index contributed by atoms with van der Waals surface area (Å²) in [7, 11) is 0. The van der Waals surface area contributed by atoms with Crippen LogP contribution in [0.4, 0.5) is 22.0 Å². The van der Waals surface area contributed by atoms with Gasteiger partial charge in [-0.3, -0.25) is 4.57 Å². The first kappa shape index (κ1) is 20.7. The minimum atomic E-state index is 0.0553. The van der Waals surface area contributed by atoms with Crippen molar-refractivity contribution in [1.29, 1.82) is 0 Å². The van der Waals surface area contributed by atoms with Gasteiger partial charge in [0.1, 0.15) is 0 Å². The number of piperazine rings is 1. The fourth-order valence-corrected chi connectivity index (χ4v) is 4.79. The number of nitrogens with zero attached hydrogens (tertiary/aromatic N) is 5. The fourth-order valence-electron chi connectivity index (χ4n) is 4.79. The van der Waals surface area contributed by atoms with Crippen molar-refractivity contribution >= 4 is 34.1 Å². The topological polar surface area (TPSA) is 56.6 Å². The van der Waals surface area contributed by atoms with Crippen LogP contribution in [-0.2, 0) is 0 Å². The number of hydrogen-bond donors (Lipinski definition) is 1. The van der Waals surface area contributed by atoms with Crippen molar-refractivity contribution in [2.75, 3.05) is 54.4 Å². The number of hydrogen-bond acceptors (Lipinski definition) is 5. The first-order valence-electron chi connectivity index (χ1n) is 11.7. The average Bonchev–Trinajstić information content (AvgIpc) is 3.49. The Kier molecular flexibility index (Phi) is 5.64. The predicted molar refractivity (Wildman–Crippen MR) is 131 cm³/mol. The molecule has 0 aliphatic carbocycles. The zero-order valence-corrected chi connectivity index (χ0v) is 19.0. The molecule has 0 unspecified atom stereocenters. The van der Waals surface area contributed by atoms with Gasteiger partial charge in [0.2, 0.25) is 0 Å². The van der Waals surface area contributed by atoms with E-state index in [1.165, 1.54) is 18.5 Å². The van der Waals surface area contributed by atoms with Crippen LogP contribution in [0, 0.1) is 0 Å². The average molecular weight is 433 g/mol. The number of anilines is 3. The second kappa shape index (κ2) is 8.73. The molecule has 168 valence electrons. The zero-order valence-electron chi connectivity index (χ0n) is 19.0. The van der Waals surface area contributed by atoms with Crippen molar-refractivity contribution in [3.8, 4) is 0 Å². The van der Waals surface area contributed by atoms with E-state index in [4.69, 9.17) is 0 Å². The number of carbonyl (C=O) groups excluding carboxylic acids is 1. The predicted octanol–water partition coefficient (Wildman–Crippen LogP) is 4.25. The van der Waals surface area contributed by atoms with Crippen molar-refractivity contribution in [3.63, 3.8) is 0 Å². The van der Waals surface area contributed by atoms with Gasteiger partial charge in [0, 0.05) is 68.8 Å². The molecule has 0 atom stereocenters. The summed E-state index contributed by atoms with van der Waals surface area (Å²) in [5.41, 5.74) is 3.26. The molecule has 2 saturated heterocycles. The van der Waals surface area contributed by atoms with Crippen LogP contribution in [0.1, 0.15) is 26.7 Å². The quantitative estimate of drug-likeness (QED) is 0.668. The summed E-state index contributed by atoms with van der Waals surface area (Å²) in [4.78, 5) is 24.6. The molecule has 0 bridgehead atoms. The van der Waals surface area contributed by atoms with Gasteiger partial charge in [0.05, 0.1) is 11.2 Å². The number of nitrogens with one attached hydrogen (secondary N) is 1. The van der Waals surface area contributed by atoms with Crippen LogP contribution in [-0.4, -0.2) is 65.8 Å². The maximum atomic E-state index is 13.4. The van der Waals surface area contributed by atoms with Crippen molar-refractivity contribution in [2.45, 2.75) is 32.7 Å². The first-order valence-corrected chi connectivity index (χ1v) is 11.7. The lowest BCUT2D eigenvalue weighted by atomic mass is 10.2. The Morgan fingerprint density at radius 2 is 1.75 bits per heavy atom. The number of fused-ring (bicyclic) bond motifs is 1. The van der Waals surface area contributed by atoms with Gasteiger partial charge >= 0.3 is 6.03 Å². The van der Waals surface area contributed by atoms with Gasteiger partial charge in [-0.25, -0.2) is 9.78 Å². The van der Waals surface area contributed by atoms with Crippen molar-refractivity contribution in [2.24, 2.45) is 0 Å². The van der Waals surface area contributed by atoms with Crippen LogP contribution in [0.2, 0.25) is 0 Å². The maximum absolute atomic E-state index is 13.4. The van der Waals surface area contributed by atoms with Crippen molar-refractivity contribution < 1.29 is 4.79 Å². The lowest BCUT2D eigenvalue weighted by Gasteiger charge is -2.36. The summed E-state index contributed by atoms with van der Waals surface area (Å²) in [6.07, 6.45) is 6.23. The summed E-state index contributed by atoms with van der Waals surface area (Å²) in [6, 6.07) is 13.0. The van der Waals surface area contributed by atoms with E-state index in [0.717, 1.165) is 48.6 Å². The zero-order chi connectivity index (χ0) is 22.1. The molecule has 0 radical (unpaired) electrons. The van der Waals surface area contributed by atoms with Gasteiger partial charge in [-0.05, 0) is 57.0 Å². The molecule has 1 amide bonds. The minimum absolute atomic E-state index is 0.0553. The van der Waals surface area contributed by atoms with Crippen LogP contribution < -0.4 is 15.1 Å². The van der Waals surface area contributed by atoms with Gasteiger partial charge < -0.3 is 20.0 Å². The molecular formula is C25H32N6O. The van der Waals surface area contributed by atoms with Crippen LogP contribution in [0.3, 0.4) is 0 Å². The highest BCUT2D eigenvalue weighted by Gasteiger charge is 2.25. The molecule has 5 rings (SSSR count). The minimum Gasteiger partial charge on any atom is -0.380 e. The van der Waals surface area contributed by atoms with E-state index in [0.29, 0.717) is 19.1 Å². The third-order valence-corrected chi connectivity index (χ3v) is 6.43. The lowest BCUT2D eigenvalue weighted by molar-refractivity contribution is 0.197. The van der Waals surface area contributed by atoms with Gasteiger partial charge in [0.15, 0.2) is 5.82 Å². The van der Waals surface area contributed by atoms with Gasteiger partial charge in [0.25, 0.3) is 0 Å². The summed E-state index contributed by atoms with van der Waals surface area (Å²) in [5.74, 6) is 0.968. The van der Waals surface area contributed by atoms with Crippen molar-refractivity contribution in [1.82, 2.24) is 14.5 Å². The van der Waals surface area contributed by atoms with Gasteiger partial charge in [-0.1, -0.05) is 6.07 Å². The summed E-state index contributed by atoms with van der Waals surface area (Å²) in [5, 5.41) is 4.59. The van der Waals surface area contributed by atoms with Crippen molar-refractivity contribution in [3.05, 3.63) is 48.8 Å². The molecule has 7 heteroatoms. The second-order valence-electron chi connectivity index (χ2n) is 9.05. The Hall–Kier alpha value is -3.22.